The first-order valence-electron chi connectivity index (χ1n) is 6.75. The van der Waals surface area contributed by atoms with Gasteiger partial charge in [-0.3, -0.25) is 0 Å². The van der Waals surface area contributed by atoms with Crippen LogP contribution in [-0.2, 0) is 9.84 Å². The molecule has 0 unspecified atom stereocenters. The van der Waals surface area contributed by atoms with E-state index in [-0.39, 0.29) is 38.7 Å². The molecule has 0 aliphatic carbocycles. The smallest absolute Gasteiger partial charge is 0.179 e. The Balaban J connectivity index is 2.12. The van der Waals surface area contributed by atoms with E-state index < -0.39 is 15.7 Å². The number of fused-ring (bicyclic) bond motifs is 1. The Labute approximate surface area is 138 Å². The Morgan fingerprint density at radius 3 is 2.74 bits per heavy atom. The number of nitriles is 1. The van der Waals surface area contributed by atoms with Crippen molar-refractivity contribution in [1.29, 1.82) is 5.26 Å². The van der Waals surface area contributed by atoms with Gasteiger partial charge >= 0.3 is 0 Å². The lowest BCUT2D eigenvalue weighted by molar-refractivity contribution is 0.473. The SMILES string of the molecule is C[C@H]1CS(=O)(=O)c2ccc(Oc3cc(F)cc(Cl)c3)c(C#N)c21. The molecule has 0 saturated carbocycles. The largest absolute Gasteiger partial charge is 0.456 e. The molecule has 1 heterocycles. The van der Waals surface area contributed by atoms with Crippen molar-refractivity contribution >= 4 is 21.4 Å². The van der Waals surface area contributed by atoms with Gasteiger partial charge in [-0.15, -0.1) is 0 Å². The van der Waals surface area contributed by atoms with Gasteiger partial charge in [0.25, 0.3) is 0 Å². The third-order valence-corrected chi connectivity index (χ3v) is 5.82. The van der Waals surface area contributed by atoms with E-state index in [0.717, 1.165) is 12.1 Å². The lowest BCUT2D eigenvalue weighted by Gasteiger charge is -2.12. The summed E-state index contributed by atoms with van der Waals surface area (Å²) in [7, 11) is -3.38. The first-order valence-corrected chi connectivity index (χ1v) is 8.78. The zero-order valence-electron chi connectivity index (χ0n) is 12.0. The molecule has 0 radical (unpaired) electrons. The van der Waals surface area contributed by atoms with Crippen LogP contribution in [0, 0.1) is 17.1 Å². The highest BCUT2D eigenvalue weighted by atomic mass is 35.5. The van der Waals surface area contributed by atoms with Crippen LogP contribution in [0.4, 0.5) is 4.39 Å². The first kappa shape index (κ1) is 15.8. The van der Waals surface area contributed by atoms with Crippen LogP contribution in [0.3, 0.4) is 0 Å². The number of hydrogen-bond acceptors (Lipinski definition) is 4. The van der Waals surface area contributed by atoms with Gasteiger partial charge in [0.05, 0.1) is 16.2 Å². The van der Waals surface area contributed by atoms with Gasteiger partial charge in [0.1, 0.15) is 23.4 Å². The Kier molecular flexibility index (Phi) is 3.78. The standard InChI is InChI=1S/C16H11ClFNO3S/c1-9-8-23(20,21)15-3-2-14(13(7-19)16(9)15)22-12-5-10(17)4-11(18)6-12/h2-6,9H,8H2,1H3/t9-/m0/s1. The van der Waals surface area contributed by atoms with Crippen molar-refractivity contribution in [3.8, 4) is 17.6 Å². The fourth-order valence-electron chi connectivity index (χ4n) is 2.76. The van der Waals surface area contributed by atoms with Gasteiger partial charge in [0, 0.05) is 11.1 Å². The maximum Gasteiger partial charge on any atom is 0.179 e. The van der Waals surface area contributed by atoms with Crippen LogP contribution in [0.15, 0.2) is 35.2 Å². The van der Waals surface area contributed by atoms with E-state index in [9.17, 15) is 18.1 Å². The predicted molar refractivity (Wildman–Crippen MR) is 83.1 cm³/mol. The summed E-state index contributed by atoms with van der Waals surface area (Å²) in [4.78, 5) is 0.158. The van der Waals surface area contributed by atoms with E-state index in [1.54, 1.807) is 6.92 Å². The van der Waals surface area contributed by atoms with Crippen LogP contribution >= 0.6 is 11.6 Å². The number of hydrogen-bond donors (Lipinski definition) is 0. The van der Waals surface area contributed by atoms with Gasteiger partial charge in [-0.25, -0.2) is 12.8 Å². The molecule has 1 atom stereocenters. The zero-order valence-corrected chi connectivity index (χ0v) is 13.6. The molecule has 0 fully saturated rings. The molecule has 0 saturated heterocycles. The minimum Gasteiger partial charge on any atom is -0.456 e. The lowest BCUT2D eigenvalue weighted by Crippen LogP contribution is -2.00. The summed E-state index contributed by atoms with van der Waals surface area (Å²) in [6.45, 7) is 1.74. The molecule has 0 spiro atoms. The summed E-state index contributed by atoms with van der Waals surface area (Å²) in [6.07, 6.45) is 0. The van der Waals surface area contributed by atoms with Crippen LogP contribution in [0.1, 0.15) is 24.0 Å². The molecule has 0 N–H and O–H groups in total. The number of ether oxygens (including phenoxy) is 1. The molecule has 2 aromatic rings. The predicted octanol–water partition coefficient (Wildman–Crippen LogP) is 4.03. The van der Waals surface area contributed by atoms with Crippen LogP contribution in [-0.4, -0.2) is 14.2 Å². The number of halogens is 2. The Hall–Kier alpha value is -2.10. The minimum absolute atomic E-state index is 0.0355. The van der Waals surface area contributed by atoms with Crippen LogP contribution < -0.4 is 4.74 Å². The second kappa shape index (κ2) is 5.52. The second-order valence-electron chi connectivity index (χ2n) is 5.35. The topological polar surface area (TPSA) is 67.2 Å². The van der Waals surface area contributed by atoms with Crippen LogP contribution in [0.25, 0.3) is 0 Å². The fourth-order valence-corrected chi connectivity index (χ4v) is 4.89. The van der Waals surface area contributed by atoms with Crippen molar-refractivity contribution in [2.24, 2.45) is 0 Å². The Bertz CT molecular complexity index is 930. The van der Waals surface area contributed by atoms with Crippen molar-refractivity contribution in [3.63, 3.8) is 0 Å². The molecule has 2 aromatic carbocycles. The Morgan fingerprint density at radius 2 is 2.09 bits per heavy atom. The average molecular weight is 352 g/mol. The van der Waals surface area contributed by atoms with Crippen molar-refractivity contribution in [3.05, 3.63) is 52.3 Å². The summed E-state index contributed by atoms with van der Waals surface area (Å²) >= 11 is 5.78. The molecular formula is C16H11ClFNO3S. The van der Waals surface area contributed by atoms with Gasteiger partial charge in [0.15, 0.2) is 9.84 Å². The van der Waals surface area contributed by atoms with E-state index >= 15 is 0 Å². The van der Waals surface area contributed by atoms with E-state index in [0.29, 0.717) is 5.56 Å². The molecule has 0 bridgehead atoms. The summed E-state index contributed by atoms with van der Waals surface area (Å²) in [6, 6.07) is 8.52. The molecular weight excluding hydrogens is 341 g/mol. The summed E-state index contributed by atoms with van der Waals surface area (Å²) < 4.78 is 43.1. The van der Waals surface area contributed by atoms with Crippen LogP contribution in [0.5, 0.6) is 11.5 Å². The molecule has 23 heavy (non-hydrogen) atoms. The highest BCUT2D eigenvalue weighted by Gasteiger charge is 2.35. The van der Waals surface area contributed by atoms with Crippen molar-refractivity contribution < 1.29 is 17.5 Å². The molecule has 118 valence electrons. The second-order valence-corrected chi connectivity index (χ2v) is 7.79. The van der Waals surface area contributed by atoms with Gasteiger partial charge in [0.2, 0.25) is 0 Å². The number of sulfone groups is 1. The molecule has 0 amide bonds. The normalized spacial score (nSPS) is 18.3. The van der Waals surface area contributed by atoms with E-state index in [1.165, 1.54) is 18.2 Å². The maximum absolute atomic E-state index is 13.4. The minimum atomic E-state index is -3.38. The third kappa shape index (κ3) is 2.78. The summed E-state index contributed by atoms with van der Waals surface area (Å²) in [5.41, 5.74) is 0.601. The van der Waals surface area contributed by atoms with E-state index in [2.05, 4.69) is 0 Å². The third-order valence-electron chi connectivity index (χ3n) is 3.64. The highest BCUT2D eigenvalue weighted by molar-refractivity contribution is 7.91. The van der Waals surface area contributed by atoms with Crippen molar-refractivity contribution in [2.75, 3.05) is 5.75 Å². The van der Waals surface area contributed by atoms with Gasteiger partial charge in [-0.1, -0.05) is 18.5 Å². The van der Waals surface area contributed by atoms with Gasteiger partial charge in [-0.05, 0) is 35.7 Å². The fraction of sp³-hybridized carbons (Fsp3) is 0.188. The van der Waals surface area contributed by atoms with Crippen molar-refractivity contribution in [2.45, 2.75) is 17.7 Å². The number of rotatable bonds is 2. The molecule has 1 aliphatic heterocycles. The summed E-state index contributed by atoms with van der Waals surface area (Å²) in [5.74, 6) is -0.587. The highest BCUT2D eigenvalue weighted by Crippen LogP contribution is 2.41. The first-order chi connectivity index (χ1) is 10.8. The van der Waals surface area contributed by atoms with Crippen LogP contribution in [0.2, 0.25) is 5.02 Å². The van der Waals surface area contributed by atoms with Crippen molar-refractivity contribution in [1.82, 2.24) is 0 Å². The van der Waals surface area contributed by atoms with Gasteiger partial charge in [-0.2, -0.15) is 5.26 Å². The number of nitrogens with zero attached hydrogens (tertiary/aromatic N) is 1. The van der Waals surface area contributed by atoms with Gasteiger partial charge < -0.3 is 4.74 Å². The molecule has 3 rings (SSSR count). The molecule has 1 aliphatic rings. The quantitative estimate of drug-likeness (QED) is 0.819. The number of benzene rings is 2. The lowest BCUT2D eigenvalue weighted by atomic mass is 9.97. The maximum atomic E-state index is 13.4. The summed E-state index contributed by atoms with van der Waals surface area (Å²) in [5, 5.41) is 9.60. The molecule has 7 heteroatoms. The molecule has 4 nitrogen and oxygen atoms in total. The van der Waals surface area contributed by atoms with E-state index in [1.807, 2.05) is 6.07 Å². The Morgan fingerprint density at radius 1 is 1.35 bits per heavy atom. The average Bonchev–Trinajstić information content (AvgIpc) is 2.67. The van der Waals surface area contributed by atoms with E-state index in [4.69, 9.17) is 16.3 Å². The molecule has 0 aromatic heterocycles. The monoisotopic (exact) mass is 351 g/mol. The zero-order chi connectivity index (χ0) is 16.8.